The second kappa shape index (κ2) is 9.66. The number of hydrogen-bond donors (Lipinski definition) is 1. The average molecular weight is 422 g/mol. The highest BCUT2D eigenvalue weighted by Gasteiger charge is 2.16. The first-order chi connectivity index (χ1) is 15.3. The van der Waals surface area contributed by atoms with Gasteiger partial charge in [0.15, 0.2) is 5.65 Å². The molecule has 2 aromatic heterocycles. The summed E-state index contributed by atoms with van der Waals surface area (Å²) >= 11 is 0. The Morgan fingerprint density at radius 1 is 1.10 bits per heavy atom. The Morgan fingerprint density at radius 2 is 2.03 bits per heavy atom. The van der Waals surface area contributed by atoms with Crippen LogP contribution in [0.4, 0.5) is 5.82 Å². The lowest BCUT2D eigenvalue weighted by Gasteiger charge is -2.28. The Kier molecular flexibility index (Phi) is 6.32. The van der Waals surface area contributed by atoms with E-state index in [1.54, 1.807) is 0 Å². The number of rotatable bonds is 3. The van der Waals surface area contributed by atoms with Crippen LogP contribution in [0.15, 0.2) is 42.7 Å². The maximum absolute atomic E-state index is 6.10. The maximum Gasteiger partial charge on any atom is 0.165 e. The molecule has 1 atom stereocenters. The Labute approximate surface area is 183 Å². The van der Waals surface area contributed by atoms with E-state index in [4.69, 9.17) is 14.5 Å². The molecule has 0 radical (unpaired) electrons. The van der Waals surface area contributed by atoms with E-state index < -0.39 is 0 Å². The van der Waals surface area contributed by atoms with E-state index in [9.17, 15) is 0 Å². The number of nitrogens with zero attached hydrogens (tertiary/aromatic N) is 4. The second-order valence-corrected chi connectivity index (χ2v) is 8.48. The number of nitrogens with one attached hydrogen (secondary N) is 1. The molecule has 7 nitrogen and oxygen atoms in total. The summed E-state index contributed by atoms with van der Waals surface area (Å²) in [6.45, 7) is 6.67. The fraction of sp³-hybridized carbons (Fsp3) is 0.500. The Bertz CT molecular complexity index is 999. The minimum absolute atomic E-state index is 0.671. The first-order valence-corrected chi connectivity index (χ1v) is 11.5. The van der Waals surface area contributed by atoms with Gasteiger partial charge in [0.2, 0.25) is 0 Å². The summed E-state index contributed by atoms with van der Waals surface area (Å²) in [6, 6.07) is 10.3. The third-order valence-corrected chi connectivity index (χ3v) is 6.36. The summed E-state index contributed by atoms with van der Waals surface area (Å²) in [4.78, 5) is 7.38. The van der Waals surface area contributed by atoms with Crippen LogP contribution in [0.1, 0.15) is 25.7 Å². The monoisotopic (exact) mass is 421 g/mol. The lowest BCUT2D eigenvalue weighted by Crippen LogP contribution is -2.37. The number of aromatic nitrogens is 3. The maximum atomic E-state index is 6.10. The van der Waals surface area contributed by atoms with Crippen molar-refractivity contribution in [1.29, 1.82) is 0 Å². The molecule has 7 heteroatoms. The van der Waals surface area contributed by atoms with Crippen molar-refractivity contribution in [3.05, 3.63) is 42.7 Å². The molecule has 31 heavy (non-hydrogen) atoms. The zero-order chi connectivity index (χ0) is 20.9. The van der Waals surface area contributed by atoms with Crippen LogP contribution in [-0.4, -0.2) is 65.5 Å². The molecule has 2 aliphatic rings. The zero-order valence-electron chi connectivity index (χ0n) is 18.0. The van der Waals surface area contributed by atoms with Gasteiger partial charge in [-0.1, -0.05) is 12.1 Å². The van der Waals surface area contributed by atoms with Gasteiger partial charge in [-0.25, -0.2) is 9.50 Å². The lowest BCUT2D eigenvalue weighted by atomic mass is 9.95. The smallest absolute Gasteiger partial charge is 0.165 e. The fourth-order valence-electron chi connectivity index (χ4n) is 4.51. The summed E-state index contributed by atoms with van der Waals surface area (Å²) in [7, 11) is 0. The second-order valence-electron chi connectivity index (χ2n) is 8.48. The van der Waals surface area contributed by atoms with Gasteiger partial charge in [0, 0.05) is 31.4 Å². The molecule has 4 bridgehead atoms. The van der Waals surface area contributed by atoms with E-state index in [0.29, 0.717) is 5.92 Å². The molecule has 164 valence electrons. The fourth-order valence-corrected chi connectivity index (χ4v) is 4.51. The Balaban J connectivity index is 1.33. The van der Waals surface area contributed by atoms with Gasteiger partial charge in [0.1, 0.15) is 11.6 Å². The van der Waals surface area contributed by atoms with Gasteiger partial charge in [-0.05, 0) is 61.9 Å². The molecule has 2 aliphatic heterocycles. The van der Waals surface area contributed by atoms with Gasteiger partial charge in [0.05, 0.1) is 26.0 Å². The molecule has 0 saturated carbocycles. The van der Waals surface area contributed by atoms with Crippen molar-refractivity contribution in [3.63, 3.8) is 0 Å². The standard InChI is InChI=1S/C24H31N5O2/c1-4-20-17-21(5-1)31-14-2-3-19(7-10-28-12-15-30-16-13-28)6-9-25-23-8-11-29-24(27-23)22(20)18-26-29/h1,4-5,8,11,17-19H,2-3,6-7,9-10,12-16H2,(H,25,27). The molecule has 1 saturated heterocycles. The Morgan fingerprint density at radius 3 is 2.97 bits per heavy atom. The molecule has 1 aromatic carbocycles. The number of ether oxygens (including phenoxy) is 2. The summed E-state index contributed by atoms with van der Waals surface area (Å²) in [5.74, 6) is 2.49. The molecule has 1 fully saturated rings. The number of fused-ring (bicyclic) bond motifs is 4. The van der Waals surface area contributed by atoms with Gasteiger partial charge in [-0.3, -0.25) is 4.90 Å². The summed E-state index contributed by atoms with van der Waals surface area (Å²) < 4.78 is 13.4. The molecular formula is C24H31N5O2. The molecular weight excluding hydrogens is 390 g/mol. The molecule has 0 aliphatic carbocycles. The van der Waals surface area contributed by atoms with Crippen LogP contribution in [-0.2, 0) is 4.74 Å². The minimum Gasteiger partial charge on any atom is -0.494 e. The average Bonchev–Trinajstić information content (AvgIpc) is 3.23. The van der Waals surface area contributed by atoms with Crippen LogP contribution in [0.5, 0.6) is 5.75 Å². The van der Waals surface area contributed by atoms with Crippen molar-refractivity contribution in [2.75, 3.05) is 51.3 Å². The van der Waals surface area contributed by atoms with Crippen LogP contribution in [0.3, 0.4) is 0 Å². The van der Waals surface area contributed by atoms with E-state index in [0.717, 1.165) is 87.2 Å². The highest BCUT2D eigenvalue weighted by molar-refractivity contribution is 5.78. The van der Waals surface area contributed by atoms with E-state index >= 15 is 0 Å². The summed E-state index contributed by atoms with van der Waals surface area (Å²) in [6.07, 6.45) is 8.46. The molecule has 5 rings (SSSR count). The van der Waals surface area contributed by atoms with Crippen molar-refractivity contribution in [2.45, 2.75) is 25.7 Å². The largest absolute Gasteiger partial charge is 0.494 e. The molecule has 4 heterocycles. The first-order valence-electron chi connectivity index (χ1n) is 11.5. The highest BCUT2D eigenvalue weighted by atomic mass is 16.5. The summed E-state index contributed by atoms with van der Waals surface area (Å²) in [5.41, 5.74) is 2.96. The topological polar surface area (TPSA) is 63.9 Å². The van der Waals surface area contributed by atoms with Gasteiger partial charge in [-0.2, -0.15) is 5.10 Å². The van der Waals surface area contributed by atoms with E-state index in [2.05, 4.69) is 27.4 Å². The molecule has 1 unspecified atom stereocenters. The molecule has 1 N–H and O–H groups in total. The van der Waals surface area contributed by atoms with Crippen LogP contribution >= 0.6 is 0 Å². The van der Waals surface area contributed by atoms with Crippen LogP contribution in [0, 0.1) is 5.92 Å². The summed E-state index contributed by atoms with van der Waals surface area (Å²) in [5, 5.41) is 8.02. The highest BCUT2D eigenvalue weighted by Crippen LogP contribution is 2.28. The number of morpholine rings is 1. The Hall–Kier alpha value is -2.64. The molecule has 3 aromatic rings. The minimum atomic E-state index is 0.671. The van der Waals surface area contributed by atoms with Crippen LogP contribution in [0.25, 0.3) is 16.8 Å². The third-order valence-electron chi connectivity index (χ3n) is 6.36. The van der Waals surface area contributed by atoms with Gasteiger partial charge >= 0.3 is 0 Å². The third kappa shape index (κ3) is 4.99. The number of benzene rings is 1. The van der Waals surface area contributed by atoms with E-state index in [1.165, 1.54) is 12.8 Å². The van der Waals surface area contributed by atoms with Crippen molar-refractivity contribution >= 4 is 11.5 Å². The predicted octanol–water partition coefficient (Wildman–Crippen LogP) is 3.71. The molecule has 0 spiro atoms. The van der Waals surface area contributed by atoms with Crippen LogP contribution in [0.2, 0.25) is 0 Å². The van der Waals surface area contributed by atoms with E-state index in [1.807, 2.05) is 35.1 Å². The van der Waals surface area contributed by atoms with Crippen molar-refractivity contribution in [2.24, 2.45) is 5.92 Å². The van der Waals surface area contributed by atoms with Gasteiger partial charge < -0.3 is 14.8 Å². The van der Waals surface area contributed by atoms with Gasteiger partial charge in [0.25, 0.3) is 0 Å². The number of anilines is 1. The van der Waals surface area contributed by atoms with Gasteiger partial charge in [-0.15, -0.1) is 0 Å². The first kappa shape index (κ1) is 20.3. The quantitative estimate of drug-likeness (QED) is 0.696. The van der Waals surface area contributed by atoms with Crippen LogP contribution < -0.4 is 10.1 Å². The molecule has 0 amide bonds. The predicted molar refractivity (Wildman–Crippen MR) is 122 cm³/mol. The van der Waals surface area contributed by atoms with Crippen molar-refractivity contribution < 1.29 is 9.47 Å². The van der Waals surface area contributed by atoms with Crippen molar-refractivity contribution in [3.8, 4) is 16.9 Å². The number of hydrogen-bond acceptors (Lipinski definition) is 6. The normalized spacial score (nSPS) is 20.6. The zero-order valence-corrected chi connectivity index (χ0v) is 18.0. The lowest BCUT2D eigenvalue weighted by molar-refractivity contribution is 0.0350. The van der Waals surface area contributed by atoms with E-state index in [-0.39, 0.29) is 0 Å². The SMILES string of the molecule is c1cc2cc(c1)-c1cnn3ccc(nc13)NCCC(CCN1CCOCC1)CCCO2. The van der Waals surface area contributed by atoms with Crippen molar-refractivity contribution in [1.82, 2.24) is 19.5 Å².